The Bertz CT molecular complexity index is 988. The van der Waals surface area contributed by atoms with Crippen molar-refractivity contribution in [2.45, 2.75) is 38.6 Å². The van der Waals surface area contributed by atoms with Gasteiger partial charge in [0.25, 0.3) is 0 Å². The summed E-state index contributed by atoms with van der Waals surface area (Å²) in [5.41, 5.74) is 0.499. The van der Waals surface area contributed by atoms with Crippen LogP contribution in [0.5, 0.6) is 5.88 Å². The summed E-state index contributed by atoms with van der Waals surface area (Å²) in [4.78, 5) is 21.5. The summed E-state index contributed by atoms with van der Waals surface area (Å²) >= 11 is 0. The van der Waals surface area contributed by atoms with E-state index < -0.39 is 23.1 Å². The Morgan fingerprint density at radius 2 is 2.03 bits per heavy atom. The molecule has 0 saturated heterocycles. The summed E-state index contributed by atoms with van der Waals surface area (Å²) in [6, 6.07) is 3.44. The molecule has 0 N–H and O–H groups in total. The molecule has 0 radical (unpaired) electrons. The normalized spacial score (nSPS) is 29.3. The molecule has 3 fully saturated rings. The second kappa shape index (κ2) is 6.30. The number of nitrogens with zero attached hydrogens (tertiary/aromatic N) is 4. The van der Waals surface area contributed by atoms with Crippen LogP contribution in [0.15, 0.2) is 35.7 Å². The first-order valence-electron chi connectivity index (χ1n) is 9.63. The summed E-state index contributed by atoms with van der Waals surface area (Å²) in [5, 5.41) is 5.52. The van der Waals surface area contributed by atoms with Crippen LogP contribution in [0.1, 0.15) is 43.0 Å². The molecular formula is C21H20F2N4O2. The van der Waals surface area contributed by atoms with Crippen LogP contribution >= 0.6 is 0 Å². The lowest BCUT2D eigenvalue weighted by Crippen LogP contribution is -2.69. The third kappa shape index (κ3) is 2.81. The number of amides is 1. The quantitative estimate of drug-likeness (QED) is 0.772. The molecule has 1 aromatic carbocycles. The van der Waals surface area contributed by atoms with Crippen LogP contribution in [0, 0.1) is 29.4 Å². The van der Waals surface area contributed by atoms with Gasteiger partial charge in [0.2, 0.25) is 11.8 Å². The summed E-state index contributed by atoms with van der Waals surface area (Å²) < 4.78 is 33.6. The number of halogens is 2. The molecule has 2 aromatic rings. The van der Waals surface area contributed by atoms with Crippen molar-refractivity contribution >= 4 is 12.1 Å². The summed E-state index contributed by atoms with van der Waals surface area (Å²) in [6.07, 6.45) is 7.35. The molecule has 8 heteroatoms. The van der Waals surface area contributed by atoms with Crippen LogP contribution in [0.25, 0.3) is 0 Å². The van der Waals surface area contributed by atoms with Gasteiger partial charge >= 0.3 is 0 Å². The molecule has 4 aliphatic rings. The van der Waals surface area contributed by atoms with Gasteiger partial charge < -0.3 is 4.74 Å². The number of hydrogen-bond donors (Lipinski definition) is 0. The van der Waals surface area contributed by atoms with Gasteiger partial charge in [-0.05, 0) is 32.3 Å². The fourth-order valence-corrected chi connectivity index (χ4v) is 4.95. The van der Waals surface area contributed by atoms with Gasteiger partial charge in [-0.25, -0.2) is 18.8 Å². The number of ether oxygens (including phenoxy) is 1. The molecular weight excluding hydrogens is 378 g/mol. The van der Waals surface area contributed by atoms with E-state index in [0.717, 1.165) is 11.8 Å². The number of rotatable bonds is 5. The second-order valence-corrected chi connectivity index (χ2v) is 8.44. The van der Waals surface area contributed by atoms with E-state index in [1.54, 1.807) is 18.6 Å². The van der Waals surface area contributed by atoms with Gasteiger partial charge in [0.05, 0.1) is 36.2 Å². The third-order valence-corrected chi connectivity index (χ3v) is 6.26. The van der Waals surface area contributed by atoms with E-state index >= 15 is 0 Å². The zero-order chi connectivity index (χ0) is 20.2. The van der Waals surface area contributed by atoms with Gasteiger partial charge in [-0.15, -0.1) is 0 Å². The average molecular weight is 398 g/mol. The Labute approximate surface area is 166 Å². The standard InChI is InChI=1S/C21H20F2N4O2/c1-13-7-25-17(8-24-13)29-12-20-9-21(10-20,11-20)19(28)27-16(5-6-26-27)14-3-2-4-15(22)18(14)23/h2-4,6-8,16H,5,9-12H2,1H3. The monoisotopic (exact) mass is 398 g/mol. The van der Waals surface area contributed by atoms with Crippen LogP contribution < -0.4 is 4.74 Å². The van der Waals surface area contributed by atoms with Crippen molar-refractivity contribution in [2.24, 2.45) is 15.9 Å². The molecule has 0 spiro atoms. The van der Waals surface area contributed by atoms with E-state index in [2.05, 4.69) is 15.1 Å². The largest absolute Gasteiger partial charge is 0.476 e. The molecule has 3 aliphatic carbocycles. The Balaban J connectivity index is 1.24. The minimum Gasteiger partial charge on any atom is -0.476 e. The smallest absolute Gasteiger partial charge is 0.249 e. The number of hydrogen-bond acceptors (Lipinski definition) is 5. The highest BCUT2D eigenvalue weighted by molar-refractivity contribution is 5.88. The van der Waals surface area contributed by atoms with Crippen molar-refractivity contribution < 1.29 is 18.3 Å². The maximum atomic E-state index is 14.2. The molecule has 2 bridgehead atoms. The van der Waals surface area contributed by atoms with E-state index in [1.165, 1.54) is 17.1 Å². The Morgan fingerprint density at radius 1 is 1.24 bits per heavy atom. The highest BCUT2D eigenvalue weighted by Crippen LogP contribution is 2.74. The number of carbonyl (C=O) groups is 1. The van der Waals surface area contributed by atoms with E-state index in [9.17, 15) is 13.6 Å². The molecule has 1 aliphatic heterocycles. The van der Waals surface area contributed by atoms with Crippen LogP contribution in [-0.4, -0.2) is 33.7 Å². The number of carbonyl (C=O) groups excluding carboxylic acids is 1. The molecule has 1 aromatic heterocycles. The Morgan fingerprint density at radius 3 is 2.76 bits per heavy atom. The molecule has 2 heterocycles. The minimum atomic E-state index is -0.914. The van der Waals surface area contributed by atoms with Gasteiger partial charge in [-0.3, -0.25) is 9.78 Å². The molecule has 3 saturated carbocycles. The Kier molecular flexibility index (Phi) is 3.94. The van der Waals surface area contributed by atoms with Crippen molar-refractivity contribution in [3.8, 4) is 5.88 Å². The first-order chi connectivity index (χ1) is 13.9. The predicted molar refractivity (Wildman–Crippen MR) is 100 cm³/mol. The lowest BCUT2D eigenvalue weighted by molar-refractivity contribution is -0.227. The van der Waals surface area contributed by atoms with E-state index in [4.69, 9.17) is 4.74 Å². The summed E-state index contributed by atoms with van der Waals surface area (Å²) in [7, 11) is 0. The minimum absolute atomic E-state index is 0.0226. The van der Waals surface area contributed by atoms with Crippen molar-refractivity contribution in [2.75, 3.05) is 6.61 Å². The maximum absolute atomic E-state index is 14.2. The molecule has 150 valence electrons. The number of benzene rings is 1. The van der Waals surface area contributed by atoms with Gasteiger partial charge in [-0.2, -0.15) is 5.10 Å². The third-order valence-electron chi connectivity index (χ3n) is 6.26. The molecule has 6 nitrogen and oxygen atoms in total. The average Bonchev–Trinajstić information content (AvgIpc) is 3.12. The molecule has 1 unspecified atom stereocenters. The maximum Gasteiger partial charge on any atom is 0.249 e. The van der Waals surface area contributed by atoms with E-state index in [0.29, 0.717) is 38.2 Å². The first-order valence-corrected chi connectivity index (χ1v) is 9.63. The SMILES string of the molecule is Cc1cnc(OCC23CC(C(=O)N4N=CCC4c4cccc(F)c4F)(C2)C3)cn1. The molecule has 29 heavy (non-hydrogen) atoms. The van der Waals surface area contributed by atoms with Crippen LogP contribution in [0.2, 0.25) is 0 Å². The highest BCUT2D eigenvalue weighted by atomic mass is 19.2. The molecule has 1 atom stereocenters. The fraction of sp³-hybridized carbons (Fsp3) is 0.429. The first kappa shape index (κ1) is 18.1. The van der Waals surface area contributed by atoms with Gasteiger partial charge in [0.15, 0.2) is 11.6 Å². The van der Waals surface area contributed by atoms with E-state index in [1.807, 2.05) is 6.92 Å². The zero-order valence-electron chi connectivity index (χ0n) is 15.9. The van der Waals surface area contributed by atoms with Gasteiger partial charge in [-0.1, -0.05) is 12.1 Å². The fourth-order valence-electron chi connectivity index (χ4n) is 4.95. The topological polar surface area (TPSA) is 67.7 Å². The van der Waals surface area contributed by atoms with Crippen molar-refractivity contribution in [3.05, 3.63) is 53.5 Å². The van der Waals surface area contributed by atoms with Crippen molar-refractivity contribution in [1.29, 1.82) is 0 Å². The predicted octanol–water partition coefficient (Wildman–Crippen LogP) is 3.57. The van der Waals surface area contributed by atoms with E-state index in [-0.39, 0.29) is 16.9 Å². The number of aromatic nitrogens is 2. The van der Waals surface area contributed by atoms with Crippen LogP contribution in [0.4, 0.5) is 8.78 Å². The van der Waals surface area contributed by atoms with Gasteiger partial charge in [0.1, 0.15) is 0 Å². The van der Waals surface area contributed by atoms with Crippen LogP contribution in [0.3, 0.4) is 0 Å². The second-order valence-electron chi connectivity index (χ2n) is 8.44. The van der Waals surface area contributed by atoms with Crippen molar-refractivity contribution in [3.63, 3.8) is 0 Å². The molecule has 6 rings (SSSR count). The summed E-state index contributed by atoms with van der Waals surface area (Å²) in [6.45, 7) is 2.35. The van der Waals surface area contributed by atoms with Crippen molar-refractivity contribution in [1.82, 2.24) is 15.0 Å². The molecule has 1 amide bonds. The Hall–Kier alpha value is -2.90. The highest BCUT2D eigenvalue weighted by Gasteiger charge is 2.73. The lowest BCUT2D eigenvalue weighted by Gasteiger charge is -2.69. The van der Waals surface area contributed by atoms with Crippen LogP contribution in [-0.2, 0) is 4.79 Å². The lowest BCUT2D eigenvalue weighted by atomic mass is 9.35. The number of hydrazone groups is 1. The zero-order valence-corrected chi connectivity index (χ0v) is 15.9. The van der Waals surface area contributed by atoms with Gasteiger partial charge in [0, 0.05) is 23.6 Å². The summed E-state index contributed by atoms with van der Waals surface area (Å²) in [5.74, 6) is -1.46. The number of aryl methyl sites for hydroxylation is 1.